The van der Waals surface area contributed by atoms with E-state index in [1.807, 2.05) is 0 Å². The largest absolute Gasteiger partial charge is 0.469 e. The smallest absolute Gasteiger partial charge is 0.311 e. The van der Waals surface area contributed by atoms with Crippen molar-refractivity contribution in [1.82, 2.24) is 5.32 Å². The second-order valence-corrected chi connectivity index (χ2v) is 8.60. The highest BCUT2D eigenvalue weighted by atomic mass is 16.5. The van der Waals surface area contributed by atoms with Crippen LogP contribution in [0.25, 0.3) is 0 Å². The molecule has 2 bridgehead atoms. The third kappa shape index (κ3) is 3.25. The van der Waals surface area contributed by atoms with Crippen molar-refractivity contribution >= 4 is 23.9 Å². The second kappa shape index (κ2) is 9.14. The molecule has 0 amide bonds. The summed E-state index contributed by atoms with van der Waals surface area (Å²) in [6.45, 7) is 0. The highest BCUT2D eigenvalue weighted by Gasteiger charge is 2.82. The van der Waals surface area contributed by atoms with Crippen LogP contribution in [0.1, 0.15) is 11.1 Å². The normalized spacial score (nSPS) is 30.9. The van der Waals surface area contributed by atoms with Crippen LogP contribution in [0.3, 0.4) is 0 Å². The van der Waals surface area contributed by atoms with E-state index in [1.165, 1.54) is 28.4 Å². The number of carbonyl (C=O) groups excluding carboxylic acids is 4. The summed E-state index contributed by atoms with van der Waals surface area (Å²) < 4.78 is 20.7. The Morgan fingerprint density at radius 2 is 0.800 bits per heavy atom. The number of rotatable bonds is 6. The van der Waals surface area contributed by atoms with Crippen molar-refractivity contribution in [3.8, 4) is 0 Å². The molecule has 35 heavy (non-hydrogen) atoms. The van der Waals surface area contributed by atoms with Crippen molar-refractivity contribution < 1.29 is 38.1 Å². The van der Waals surface area contributed by atoms with E-state index >= 15 is 0 Å². The van der Waals surface area contributed by atoms with Gasteiger partial charge in [-0.2, -0.15) is 0 Å². The van der Waals surface area contributed by atoms with Gasteiger partial charge in [-0.3, -0.25) is 24.5 Å². The van der Waals surface area contributed by atoms with E-state index in [1.54, 1.807) is 60.7 Å². The van der Waals surface area contributed by atoms with Crippen molar-refractivity contribution in [3.05, 3.63) is 71.8 Å². The zero-order chi connectivity index (χ0) is 25.4. The van der Waals surface area contributed by atoms with Crippen LogP contribution >= 0.6 is 0 Å². The number of benzene rings is 2. The molecule has 4 atom stereocenters. The molecule has 2 saturated heterocycles. The predicted molar refractivity (Wildman–Crippen MR) is 121 cm³/mol. The number of ether oxygens (including phenoxy) is 4. The average Bonchev–Trinajstić information content (AvgIpc) is 3.41. The van der Waals surface area contributed by atoms with E-state index in [0.717, 1.165) is 0 Å². The molecule has 9 heteroatoms. The van der Waals surface area contributed by atoms with Crippen molar-refractivity contribution in [2.75, 3.05) is 28.4 Å². The first-order valence-corrected chi connectivity index (χ1v) is 11.1. The molecule has 4 unspecified atom stereocenters. The van der Waals surface area contributed by atoms with E-state index in [9.17, 15) is 19.2 Å². The van der Waals surface area contributed by atoms with Crippen LogP contribution < -0.4 is 5.32 Å². The topological polar surface area (TPSA) is 117 Å². The molecule has 9 nitrogen and oxygen atoms in total. The minimum atomic E-state index is -1.55. The highest BCUT2D eigenvalue weighted by molar-refractivity contribution is 5.94. The standard InChI is InChI=1S/C26H27NO8/c1-32-21(28)17-18(22(29)33-2)26(16-13-9-6-10-14-16)20(24(31)35-4)19(23(30)34-3)25(17,27-26)15-11-7-5-8-12-15/h5-14,17-20,27H,1-4H3. The van der Waals surface area contributed by atoms with Crippen molar-refractivity contribution in [2.45, 2.75) is 11.1 Å². The van der Waals surface area contributed by atoms with Gasteiger partial charge < -0.3 is 18.9 Å². The molecule has 0 spiro atoms. The predicted octanol–water partition coefficient (Wildman–Crippen LogP) is 1.55. The van der Waals surface area contributed by atoms with Crippen LogP contribution in [-0.4, -0.2) is 52.3 Å². The number of hydrogen-bond donors (Lipinski definition) is 1. The molecule has 2 fully saturated rings. The molecule has 2 heterocycles. The Balaban J connectivity index is 2.18. The van der Waals surface area contributed by atoms with Crippen LogP contribution in [0.5, 0.6) is 0 Å². The molecular weight excluding hydrogens is 454 g/mol. The Morgan fingerprint density at radius 3 is 1.03 bits per heavy atom. The molecule has 1 N–H and O–H groups in total. The Hall–Kier alpha value is -3.72. The van der Waals surface area contributed by atoms with E-state index < -0.39 is 58.6 Å². The Morgan fingerprint density at radius 1 is 0.543 bits per heavy atom. The lowest BCUT2D eigenvalue weighted by Crippen LogP contribution is -2.59. The molecule has 4 rings (SSSR count). The molecule has 2 aliphatic heterocycles. The van der Waals surface area contributed by atoms with Crippen molar-refractivity contribution in [2.24, 2.45) is 23.7 Å². The Labute approximate surface area is 202 Å². The van der Waals surface area contributed by atoms with Gasteiger partial charge in [0.15, 0.2) is 0 Å². The van der Waals surface area contributed by atoms with Gasteiger partial charge in [0.1, 0.15) is 0 Å². The molecule has 0 aliphatic carbocycles. The zero-order valence-corrected chi connectivity index (χ0v) is 19.8. The number of methoxy groups -OCH3 is 4. The van der Waals surface area contributed by atoms with E-state index in [4.69, 9.17) is 18.9 Å². The van der Waals surface area contributed by atoms with Gasteiger partial charge in [-0.25, -0.2) is 0 Å². The minimum Gasteiger partial charge on any atom is -0.469 e. The van der Waals surface area contributed by atoms with Crippen molar-refractivity contribution in [1.29, 1.82) is 0 Å². The fraction of sp³-hybridized carbons (Fsp3) is 0.385. The maximum Gasteiger partial charge on any atom is 0.311 e. The van der Waals surface area contributed by atoms with Gasteiger partial charge in [-0.05, 0) is 11.1 Å². The number of nitrogens with one attached hydrogen (secondary N) is 1. The SMILES string of the molecule is COC(=O)C1C(C(=O)OC)C2(c3ccccc3)NC1(c1ccccc1)C(C(=O)OC)C2C(=O)OC. The van der Waals surface area contributed by atoms with Gasteiger partial charge in [0, 0.05) is 0 Å². The third-order valence-electron chi connectivity index (χ3n) is 7.37. The molecule has 0 radical (unpaired) electrons. The van der Waals surface area contributed by atoms with E-state index in [0.29, 0.717) is 11.1 Å². The lowest BCUT2D eigenvalue weighted by Gasteiger charge is -2.45. The first-order valence-electron chi connectivity index (χ1n) is 11.1. The summed E-state index contributed by atoms with van der Waals surface area (Å²) in [7, 11) is 4.84. The molecule has 2 aliphatic rings. The van der Waals surface area contributed by atoms with Crippen molar-refractivity contribution in [3.63, 3.8) is 0 Å². The maximum atomic E-state index is 13.5. The summed E-state index contributed by atoms with van der Waals surface area (Å²) in [5, 5.41) is 3.45. The van der Waals surface area contributed by atoms with E-state index in [2.05, 4.69) is 5.32 Å². The fourth-order valence-corrected chi connectivity index (χ4v) is 6.18. The minimum absolute atomic E-state index is 0.518. The van der Waals surface area contributed by atoms with Gasteiger partial charge in [0.2, 0.25) is 0 Å². The molecule has 2 aromatic rings. The van der Waals surface area contributed by atoms with Gasteiger partial charge in [0.05, 0.1) is 63.2 Å². The number of esters is 4. The zero-order valence-electron chi connectivity index (χ0n) is 19.8. The van der Waals surface area contributed by atoms with Crippen LogP contribution in [0.15, 0.2) is 60.7 Å². The quantitative estimate of drug-likeness (QED) is 0.484. The van der Waals surface area contributed by atoms with Crippen LogP contribution in [0.2, 0.25) is 0 Å². The van der Waals surface area contributed by atoms with Crippen LogP contribution in [0.4, 0.5) is 0 Å². The summed E-state index contributed by atoms with van der Waals surface area (Å²) in [5.41, 5.74) is -2.06. The summed E-state index contributed by atoms with van der Waals surface area (Å²) in [5.74, 6) is -7.84. The molecule has 0 aromatic heterocycles. The number of carbonyl (C=O) groups is 4. The Kier molecular flexibility index (Phi) is 6.38. The summed E-state index contributed by atoms with van der Waals surface area (Å²) >= 11 is 0. The maximum absolute atomic E-state index is 13.5. The number of fused-ring (bicyclic) bond motifs is 2. The van der Waals surface area contributed by atoms with Gasteiger partial charge >= 0.3 is 23.9 Å². The molecule has 0 saturated carbocycles. The van der Waals surface area contributed by atoms with Gasteiger partial charge in [-0.15, -0.1) is 0 Å². The van der Waals surface area contributed by atoms with Gasteiger partial charge in [0.25, 0.3) is 0 Å². The lowest BCUT2D eigenvalue weighted by atomic mass is 9.53. The summed E-state index contributed by atoms with van der Waals surface area (Å²) in [4.78, 5) is 53.8. The number of hydrogen-bond acceptors (Lipinski definition) is 9. The van der Waals surface area contributed by atoms with E-state index in [-0.39, 0.29) is 0 Å². The molecule has 2 aromatic carbocycles. The van der Waals surface area contributed by atoms with Gasteiger partial charge in [-0.1, -0.05) is 60.7 Å². The third-order valence-corrected chi connectivity index (χ3v) is 7.37. The summed E-state index contributed by atoms with van der Waals surface area (Å²) in [6, 6.07) is 17.5. The monoisotopic (exact) mass is 481 g/mol. The van der Waals surface area contributed by atoms with Crippen LogP contribution in [0, 0.1) is 23.7 Å². The lowest BCUT2D eigenvalue weighted by molar-refractivity contribution is -0.177. The average molecular weight is 482 g/mol. The van der Waals surface area contributed by atoms with Crippen LogP contribution in [-0.2, 0) is 49.2 Å². The first kappa shape index (κ1) is 24.4. The molecular formula is C26H27NO8. The molecule has 184 valence electrons. The highest BCUT2D eigenvalue weighted by Crippen LogP contribution is 2.67. The second-order valence-electron chi connectivity index (χ2n) is 8.60. The summed E-state index contributed by atoms with van der Waals surface area (Å²) in [6.07, 6.45) is 0. The fourth-order valence-electron chi connectivity index (χ4n) is 6.18. The Bertz CT molecular complexity index is 999. The first-order chi connectivity index (χ1) is 16.8.